The summed E-state index contributed by atoms with van der Waals surface area (Å²) in [5.74, 6) is 0.554. The molecule has 4 aliphatic rings. The van der Waals surface area contributed by atoms with Crippen molar-refractivity contribution in [3.05, 3.63) is 59.9 Å². The van der Waals surface area contributed by atoms with Crippen molar-refractivity contribution in [3.63, 3.8) is 0 Å². The van der Waals surface area contributed by atoms with E-state index in [9.17, 15) is 14.4 Å². The summed E-state index contributed by atoms with van der Waals surface area (Å²) in [6.07, 6.45) is 4.98. The first-order chi connectivity index (χ1) is 18.9. The van der Waals surface area contributed by atoms with Gasteiger partial charge in [0.1, 0.15) is 11.9 Å². The monoisotopic (exact) mass is 529 g/mol. The molecule has 0 bridgehead atoms. The van der Waals surface area contributed by atoms with Gasteiger partial charge in [0.15, 0.2) is 0 Å². The number of piperidine rings is 2. The van der Waals surface area contributed by atoms with Gasteiger partial charge in [0.25, 0.3) is 11.8 Å². The first-order valence-corrected chi connectivity index (χ1v) is 13.8. The van der Waals surface area contributed by atoms with Crippen LogP contribution in [0.15, 0.2) is 48.8 Å². The van der Waals surface area contributed by atoms with Crippen LogP contribution in [0.3, 0.4) is 0 Å². The van der Waals surface area contributed by atoms with E-state index in [-0.39, 0.29) is 11.8 Å². The average molecular weight is 530 g/mol. The number of amides is 3. The van der Waals surface area contributed by atoms with Crippen LogP contribution < -0.4 is 20.9 Å². The van der Waals surface area contributed by atoms with Crippen molar-refractivity contribution in [1.29, 1.82) is 0 Å². The normalized spacial score (nSPS) is 22.9. The number of anilines is 3. The molecule has 4 aliphatic heterocycles. The van der Waals surface area contributed by atoms with Crippen molar-refractivity contribution < 1.29 is 14.4 Å². The van der Waals surface area contributed by atoms with Crippen LogP contribution >= 0.6 is 0 Å². The zero-order chi connectivity index (χ0) is 27.1. The lowest BCUT2D eigenvalue weighted by atomic mass is 9.96. The maximum absolute atomic E-state index is 13.2. The third-order valence-corrected chi connectivity index (χ3v) is 8.50. The molecule has 3 fully saturated rings. The van der Waals surface area contributed by atoms with Crippen LogP contribution in [-0.4, -0.2) is 84.4 Å². The minimum absolute atomic E-state index is 0.343. The number of pyridine rings is 1. The van der Waals surface area contributed by atoms with Gasteiger partial charge >= 0.3 is 0 Å². The number of fused-ring (bicyclic) bond motifs is 1. The van der Waals surface area contributed by atoms with E-state index in [1.165, 1.54) is 0 Å². The third-order valence-electron chi connectivity index (χ3n) is 8.50. The molecule has 204 valence electrons. The molecule has 3 saturated heterocycles. The first kappa shape index (κ1) is 25.4. The molecule has 39 heavy (non-hydrogen) atoms. The molecule has 10 nitrogen and oxygen atoms in total. The van der Waals surface area contributed by atoms with E-state index < -0.39 is 11.9 Å². The van der Waals surface area contributed by atoms with E-state index in [0.29, 0.717) is 41.3 Å². The number of nitrogens with two attached hydrogens (primary N) is 1. The molecule has 2 aromatic rings. The number of rotatable bonds is 5. The molecule has 3 amide bonds. The number of nitrogens with zero attached hydrogens (tertiary/aromatic N) is 5. The molecular weight excluding hydrogens is 494 g/mol. The molecule has 10 heteroatoms. The minimum atomic E-state index is -0.787. The van der Waals surface area contributed by atoms with E-state index >= 15 is 0 Å². The van der Waals surface area contributed by atoms with E-state index in [4.69, 9.17) is 5.73 Å². The smallest absolute Gasteiger partial charge is 0.262 e. The fourth-order valence-electron chi connectivity index (χ4n) is 6.22. The number of piperazine rings is 1. The van der Waals surface area contributed by atoms with Gasteiger partial charge in [0.2, 0.25) is 5.91 Å². The lowest BCUT2D eigenvalue weighted by molar-refractivity contribution is -0.125. The number of carbonyl (C=O) groups excluding carboxylic acids is 3. The van der Waals surface area contributed by atoms with Gasteiger partial charge in [-0.25, -0.2) is 4.98 Å². The predicted molar refractivity (Wildman–Crippen MR) is 149 cm³/mol. The van der Waals surface area contributed by atoms with Gasteiger partial charge in [0.05, 0.1) is 23.0 Å². The van der Waals surface area contributed by atoms with Crippen molar-refractivity contribution >= 4 is 34.9 Å². The second-order valence-electron chi connectivity index (χ2n) is 11.0. The molecule has 0 aliphatic carbocycles. The molecule has 0 saturated carbocycles. The highest BCUT2D eigenvalue weighted by Crippen LogP contribution is 2.32. The van der Waals surface area contributed by atoms with Crippen molar-refractivity contribution in [2.24, 2.45) is 5.92 Å². The van der Waals surface area contributed by atoms with Gasteiger partial charge in [-0.05, 0) is 61.9 Å². The molecule has 0 spiro atoms. The summed E-state index contributed by atoms with van der Waals surface area (Å²) < 4.78 is 0. The van der Waals surface area contributed by atoms with Crippen LogP contribution in [0.2, 0.25) is 0 Å². The summed E-state index contributed by atoms with van der Waals surface area (Å²) in [7, 11) is 0. The highest BCUT2D eigenvalue weighted by atomic mass is 16.2. The fourth-order valence-corrected chi connectivity index (χ4v) is 6.22. The first-order valence-electron chi connectivity index (χ1n) is 13.8. The number of allylic oxidation sites excluding steroid dienone is 1. The van der Waals surface area contributed by atoms with Crippen LogP contribution in [0.1, 0.15) is 46.4 Å². The zero-order valence-electron chi connectivity index (χ0n) is 22.1. The molecular formula is C29H35N7O3. The number of hydrogen-bond donors (Lipinski definition) is 2. The Bertz CT molecular complexity index is 1290. The van der Waals surface area contributed by atoms with E-state index in [1.54, 1.807) is 12.3 Å². The highest BCUT2D eigenvalue weighted by Gasteiger charge is 2.44. The fraction of sp³-hybridized carbons (Fsp3) is 0.448. The second-order valence-corrected chi connectivity index (χ2v) is 11.0. The number of carbonyl (C=O) groups is 3. The SMILES string of the molecule is C=C1CCC(N2C(=O)c3ccc(N4CCN(CC5CCN(c6ccc(N)cn6)CC5)CC4)cc3C2=O)C(=O)N1. The Hall–Kier alpha value is -3.92. The van der Waals surface area contributed by atoms with Gasteiger partial charge in [-0.1, -0.05) is 6.58 Å². The maximum atomic E-state index is 13.2. The summed E-state index contributed by atoms with van der Waals surface area (Å²) in [5.41, 5.74) is 8.79. The standard InChI is InChI=1S/C29H35N7O3/c1-19-2-6-25(27(37)32-19)36-28(38)23-5-4-22(16-24(23)29(36)39)34-14-12-33(13-15-34)18-20-8-10-35(11-9-20)26-7-3-21(30)17-31-26/h3-5,7,16-17,20,25H,1-2,6,8-15,18,30H2,(H,32,37). The Morgan fingerprint density at radius 1 is 0.897 bits per heavy atom. The van der Waals surface area contributed by atoms with Gasteiger partial charge < -0.3 is 20.9 Å². The summed E-state index contributed by atoms with van der Waals surface area (Å²) in [4.78, 5) is 51.5. The van der Waals surface area contributed by atoms with Crippen molar-refractivity contribution in [3.8, 4) is 0 Å². The number of aromatic nitrogens is 1. The van der Waals surface area contributed by atoms with Crippen molar-refractivity contribution in [2.75, 3.05) is 61.3 Å². The molecule has 0 radical (unpaired) electrons. The summed E-state index contributed by atoms with van der Waals surface area (Å²) in [6, 6.07) is 8.61. The Balaban J connectivity index is 1.03. The van der Waals surface area contributed by atoms with Crippen LogP contribution in [0.5, 0.6) is 0 Å². The third kappa shape index (κ3) is 4.96. The number of hydrogen-bond acceptors (Lipinski definition) is 8. The van der Waals surface area contributed by atoms with Crippen molar-refractivity contribution in [2.45, 2.75) is 31.7 Å². The van der Waals surface area contributed by atoms with Crippen LogP contribution in [0, 0.1) is 5.92 Å². The lowest BCUT2D eigenvalue weighted by Crippen LogP contribution is -2.51. The summed E-state index contributed by atoms with van der Waals surface area (Å²) in [5, 5.41) is 2.68. The maximum Gasteiger partial charge on any atom is 0.262 e. The zero-order valence-corrected chi connectivity index (χ0v) is 22.1. The van der Waals surface area contributed by atoms with Gasteiger partial charge in [0, 0.05) is 57.2 Å². The van der Waals surface area contributed by atoms with Crippen LogP contribution in [0.4, 0.5) is 17.2 Å². The topological polar surface area (TPSA) is 115 Å². The quantitative estimate of drug-likeness (QED) is 0.566. The number of imide groups is 1. The van der Waals surface area contributed by atoms with Gasteiger partial charge in [-0.15, -0.1) is 0 Å². The molecule has 1 unspecified atom stereocenters. The Labute approximate surface area is 228 Å². The molecule has 1 aromatic heterocycles. The second kappa shape index (κ2) is 10.3. The summed E-state index contributed by atoms with van der Waals surface area (Å²) in [6.45, 7) is 10.6. The number of nitrogens with one attached hydrogen (secondary N) is 1. The molecule has 1 atom stereocenters. The minimum Gasteiger partial charge on any atom is -0.397 e. The van der Waals surface area contributed by atoms with Crippen LogP contribution in [-0.2, 0) is 4.79 Å². The van der Waals surface area contributed by atoms with Gasteiger partial charge in [-0.3, -0.25) is 24.2 Å². The molecule has 6 rings (SSSR count). The molecule has 5 heterocycles. The van der Waals surface area contributed by atoms with Crippen molar-refractivity contribution in [1.82, 2.24) is 20.1 Å². The largest absolute Gasteiger partial charge is 0.397 e. The van der Waals surface area contributed by atoms with E-state index in [2.05, 4.69) is 31.6 Å². The predicted octanol–water partition coefficient (Wildman–Crippen LogP) is 2.09. The van der Waals surface area contributed by atoms with Gasteiger partial charge in [-0.2, -0.15) is 0 Å². The van der Waals surface area contributed by atoms with E-state index in [0.717, 1.165) is 75.1 Å². The van der Waals surface area contributed by atoms with Crippen LogP contribution in [0.25, 0.3) is 0 Å². The average Bonchev–Trinajstić information content (AvgIpc) is 3.19. The Morgan fingerprint density at radius 2 is 1.64 bits per heavy atom. The Morgan fingerprint density at radius 3 is 2.33 bits per heavy atom. The summed E-state index contributed by atoms with van der Waals surface area (Å²) >= 11 is 0. The number of nitrogen functional groups attached to an aromatic ring is 1. The molecule has 1 aromatic carbocycles. The highest BCUT2D eigenvalue weighted by molar-refractivity contribution is 6.23. The molecule has 3 N–H and O–H groups in total. The number of benzene rings is 1. The Kier molecular flexibility index (Phi) is 6.72. The van der Waals surface area contributed by atoms with E-state index in [1.807, 2.05) is 24.3 Å². The lowest BCUT2D eigenvalue weighted by Gasteiger charge is -2.40.